The molecule has 1 N–H and O–H groups in total. The lowest BCUT2D eigenvalue weighted by atomic mass is 10.2. The number of rotatable bonds is 8. The van der Waals surface area contributed by atoms with Crippen LogP contribution in [-0.2, 0) is 17.8 Å². The van der Waals surface area contributed by atoms with Gasteiger partial charge in [-0.2, -0.15) is 0 Å². The molecule has 0 saturated heterocycles. The van der Waals surface area contributed by atoms with E-state index in [1.165, 1.54) is 16.6 Å². The Morgan fingerprint density at radius 3 is 2.79 bits per heavy atom. The molecule has 0 bridgehead atoms. The highest BCUT2D eigenvalue weighted by Crippen LogP contribution is 2.24. The van der Waals surface area contributed by atoms with Crippen molar-refractivity contribution in [2.45, 2.75) is 44.1 Å². The van der Waals surface area contributed by atoms with Crippen molar-refractivity contribution >= 4 is 51.5 Å². The van der Waals surface area contributed by atoms with Crippen molar-refractivity contribution < 1.29 is 4.79 Å². The van der Waals surface area contributed by atoms with Gasteiger partial charge in [-0.15, -0.1) is 11.3 Å². The Morgan fingerprint density at radius 1 is 1.31 bits per heavy atom. The summed E-state index contributed by atoms with van der Waals surface area (Å²) in [4.78, 5) is 31.5. The van der Waals surface area contributed by atoms with Crippen molar-refractivity contribution in [1.82, 2.24) is 14.9 Å². The van der Waals surface area contributed by atoms with Gasteiger partial charge in [0.05, 0.1) is 16.2 Å². The largest absolute Gasteiger partial charge is 0.355 e. The Bertz CT molecular complexity index is 1050. The average Bonchev–Trinajstić information content (AvgIpc) is 3.18. The van der Waals surface area contributed by atoms with Gasteiger partial charge in [0.2, 0.25) is 5.91 Å². The fourth-order valence-electron chi connectivity index (χ4n) is 2.91. The van der Waals surface area contributed by atoms with E-state index >= 15 is 0 Å². The Kier molecular flexibility index (Phi) is 7.38. The van der Waals surface area contributed by atoms with Gasteiger partial charge in [-0.25, -0.2) is 4.98 Å². The first-order chi connectivity index (χ1) is 13.8. The van der Waals surface area contributed by atoms with E-state index in [1.54, 1.807) is 34.1 Å². The number of nitrogens with zero attached hydrogens (tertiary/aromatic N) is 2. The Balaban J connectivity index is 1.79. The fraction of sp³-hybridized carbons (Fsp3) is 0.381. The Labute approximate surface area is 183 Å². The number of thioether (sulfide) groups is 1. The standard InChI is InChI=1S/C21H24ClN3O2S2/c1-13(2)12-25-20(27)17-11-15(22)6-7-18(17)24-21(25)29-14(3)19(26)23-9-8-16-5-4-10-28-16/h4-7,10-11,13-14H,8-9,12H2,1-3H3,(H,23,26)/t14-/m0/s1. The van der Waals surface area contributed by atoms with Crippen molar-refractivity contribution in [3.8, 4) is 0 Å². The van der Waals surface area contributed by atoms with Gasteiger partial charge in [-0.3, -0.25) is 14.2 Å². The second-order valence-electron chi connectivity index (χ2n) is 7.25. The van der Waals surface area contributed by atoms with Crippen LogP contribution in [0.2, 0.25) is 5.02 Å². The molecule has 0 aliphatic heterocycles. The van der Waals surface area contributed by atoms with Crippen molar-refractivity contribution in [2.75, 3.05) is 6.54 Å². The second kappa shape index (κ2) is 9.78. The van der Waals surface area contributed by atoms with Gasteiger partial charge >= 0.3 is 0 Å². The summed E-state index contributed by atoms with van der Waals surface area (Å²) in [5.74, 6) is 0.202. The summed E-state index contributed by atoms with van der Waals surface area (Å²) in [7, 11) is 0. The topological polar surface area (TPSA) is 64.0 Å². The molecule has 1 atom stereocenters. The third-order valence-corrected chi connectivity index (χ3v) is 6.59. The number of hydrogen-bond acceptors (Lipinski definition) is 5. The molecule has 2 aromatic heterocycles. The zero-order chi connectivity index (χ0) is 21.0. The lowest BCUT2D eigenvalue weighted by molar-refractivity contribution is -0.120. The normalized spacial score (nSPS) is 12.4. The van der Waals surface area contributed by atoms with Gasteiger partial charge in [-0.1, -0.05) is 43.3 Å². The van der Waals surface area contributed by atoms with Gasteiger partial charge < -0.3 is 5.32 Å². The van der Waals surface area contributed by atoms with Crippen LogP contribution >= 0.6 is 34.7 Å². The highest BCUT2D eigenvalue weighted by molar-refractivity contribution is 8.00. The minimum Gasteiger partial charge on any atom is -0.355 e. The van der Waals surface area contributed by atoms with E-state index in [9.17, 15) is 9.59 Å². The molecule has 0 unspecified atom stereocenters. The molecular formula is C21H24ClN3O2S2. The summed E-state index contributed by atoms with van der Waals surface area (Å²) < 4.78 is 1.66. The molecule has 29 heavy (non-hydrogen) atoms. The van der Waals surface area contributed by atoms with Crippen LogP contribution < -0.4 is 10.9 Å². The number of benzene rings is 1. The first-order valence-corrected chi connectivity index (χ1v) is 11.7. The maximum Gasteiger partial charge on any atom is 0.262 e. The van der Waals surface area contributed by atoms with Crippen LogP contribution in [0.4, 0.5) is 0 Å². The number of amides is 1. The van der Waals surface area contributed by atoms with E-state index in [1.807, 2.05) is 32.2 Å². The molecule has 154 valence electrons. The van der Waals surface area contributed by atoms with Gasteiger partial charge in [0, 0.05) is 23.0 Å². The van der Waals surface area contributed by atoms with E-state index in [0.717, 1.165) is 6.42 Å². The fourth-order valence-corrected chi connectivity index (χ4v) is 4.73. The summed E-state index contributed by atoms with van der Waals surface area (Å²) >= 11 is 9.06. The Hall–Kier alpha value is -1.83. The quantitative estimate of drug-likeness (QED) is 0.403. The predicted molar refractivity (Wildman–Crippen MR) is 122 cm³/mol. The summed E-state index contributed by atoms with van der Waals surface area (Å²) in [5, 5.41) is 6.19. The van der Waals surface area contributed by atoms with Gasteiger partial charge in [-0.05, 0) is 48.9 Å². The van der Waals surface area contributed by atoms with Crippen LogP contribution in [0.15, 0.2) is 45.7 Å². The van der Waals surface area contributed by atoms with E-state index in [0.29, 0.717) is 34.2 Å². The molecule has 0 aliphatic carbocycles. The van der Waals surface area contributed by atoms with Crippen LogP contribution in [0.3, 0.4) is 0 Å². The molecule has 1 amide bonds. The van der Waals surface area contributed by atoms with E-state index in [-0.39, 0.29) is 22.6 Å². The molecule has 0 fully saturated rings. The second-order valence-corrected chi connectivity index (χ2v) is 10.0. The van der Waals surface area contributed by atoms with Crippen molar-refractivity contribution in [1.29, 1.82) is 0 Å². The first-order valence-electron chi connectivity index (χ1n) is 9.52. The lowest BCUT2D eigenvalue weighted by Crippen LogP contribution is -2.33. The number of fused-ring (bicyclic) bond motifs is 1. The SMILES string of the molecule is CC(C)Cn1c(S[C@@H](C)C(=O)NCCc2cccs2)nc2ccc(Cl)cc2c1=O. The molecule has 0 aliphatic rings. The number of carbonyl (C=O) groups excluding carboxylic acids is 1. The highest BCUT2D eigenvalue weighted by Gasteiger charge is 2.20. The molecule has 3 aromatic rings. The lowest BCUT2D eigenvalue weighted by Gasteiger charge is -2.17. The number of thiophene rings is 1. The van der Waals surface area contributed by atoms with Gasteiger partial charge in [0.25, 0.3) is 5.56 Å². The summed E-state index contributed by atoms with van der Waals surface area (Å²) in [6.07, 6.45) is 0.813. The van der Waals surface area contributed by atoms with Crippen LogP contribution in [0.25, 0.3) is 10.9 Å². The zero-order valence-electron chi connectivity index (χ0n) is 16.6. The number of halogens is 1. The molecule has 0 saturated carbocycles. The molecule has 2 heterocycles. The van der Waals surface area contributed by atoms with Crippen LogP contribution in [-0.4, -0.2) is 27.3 Å². The molecule has 0 spiro atoms. The smallest absolute Gasteiger partial charge is 0.262 e. The van der Waals surface area contributed by atoms with Gasteiger partial charge in [0.15, 0.2) is 5.16 Å². The van der Waals surface area contributed by atoms with Crippen LogP contribution in [0, 0.1) is 5.92 Å². The predicted octanol–water partition coefficient (Wildman–Crippen LogP) is 4.61. The molecule has 1 aromatic carbocycles. The monoisotopic (exact) mass is 449 g/mol. The number of hydrogen-bond donors (Lipinski definition) is 1. The first kappa shape index (κ1) is 21.9. The van der Waals surface area contributed by atoms with Gasteiger partial charge in [0.1, 0.15) is 0 Å². The third-order valence-electron chi connectivity index (χ3n) is 4.33. The molecular weight excluding hydrogens is 426 g/mol. The summed E-state index contributed by atoms with van der Waals surface area (Å²) in [6, 6.07) is 9.18. The van der Waals surface area contributed by atoms with E-state index in [4.69, 9.17) is 11.6 Å². The third kappa shape index (κ3) is 5.62. The summed E-state index contributed by atoms with van der Waals surface area (Å²) in [5.41, 5.74) is 0.464. The van der Waals surface area contributed by atoms with E-state index < -0.39 is 0 Å². The molecule has 5 nitrogen and oxygen atoms in total. The highest BCUT2D eigenvalue weighted by atomic mass is 35.5. The van der Waals surface area contributed by atoms with Crippen molar-refractivity contribution in [2.24, 2.45) is 5.92 Å². The summed E-state index contributed by atoms with van der Waals surface area (Å²) in [6.45, 7) is 7.05. The van der Waals surface area contributed by atoms with Crippen LogP contribution in [0.5, 0.6) is 0 Å². The maximum atomic E-state index is 13.0. The average molecular weight is 450 g/mol. The van der Waals surface area contributed by atoms with Crippen molar-refractivity contribution in [3.05, 3.63) is 56.0 Å². The number of carbonyl (C=O) groups is 1. The molecule has 0 radical (unpaired) electrons. The Morgan fingerprint density at radius 2 is 2.10 bits per heavy atom. The van der Waals surface area contributed by atoms with Crippen molar-refractivity contribution in [3.63, 3.8) is 0 Å². The maximum absolute atomic E-state index is 13.0. The minimum absolute atomic E-state index is 0.0619. The molecule has 3 rings (SSSR count). The van der Waals surface area contributed by atoms with Crippen LogP contribution in [0.1, 0.15) is 25.6 Å². The van der Waals surface area contributed by atoms with E-state index in [2.05, 4.69) is 16.4 Å². The minimum atomic E-state index is -0.367. The molecule has 8 heteroatoms. The number of nitrogens with one attached hydrogen (secondary N) is 1. The zero-order valence-corrected chi connectivity index (χ0v) is 19.0. The number of aromatic nitrogens is 2.